The van der Waals surface area contributed by atoms with Crippen molar-refractivity contribution in [3.63, 3.8) is 0 Å². The van der Waals surface area contributed by atoms with Crippen molar-refractivity contribution in [1.29, 1.82) is 0 Å². The zero-order valence-electron chi connectivity index (χ0n) is 8.28. The molecule has 0 aliphatic heterocycles. The Morgan fingerprint density at radius 3 is 2.27 bits per heavy atom. The highest BCUT2D eigenvalue weighted by molar-refractivity contribution is 4.77. The van der Waals surface area contributed by atoms with Crippen LogP contribution in [0.5, 0.6) is 0 Å². The molecular weight excluding hydrogens is 136 g/mol. The lowest BCUT2D eigenvalue weighted by atomic mass is 10.00. The lowest BCUT2D eigenvalue weighted by molar-refractivity contribution is 0.346. The molecule has 0 aromatic heterocycles. The van der Waals surface area contributed by atoms with E-state index in [1.165, 1.54) is 0 Å². The zero-order chi connectivity index (χ0) is 8.91. The molecular formula is C9H22N2. The molecule has 0 heterocycles. The molecule has 2 nitrogen and oxygen atoms in total. The summed E-state index contributed by atoms with van der Waals surface area (Å²) in [5.41, 5.74) is 5.69. The molecule has 0 aromatic carbocycles. The van der Waals surface area contributed by atoms with Gasteiger partial charge in [0.15, 0.2) is 0 Å². The number of rotatable bonds is 5. The summed E-state index contributed by atoms with van der Waals surface area (Å²) in [5.74, 6) is 0.715. The van der Waals surface area contributed by atoms with E-state index in [2.05, 4.69) is 33.0 Å². The SMILES string of the molecule is CC(C)CNC(C)(C)CCN. The van der Waals surface area contributed by atoms with Gasteiger partial charge in [0.2, 0.25) is 0 Å². The van der Waals surface area contributed by atoms with E-state index in [1.807, 2.05) is 0 Å². The van der Waals surface area contributed by atoms with E-state index in [-0.39, 0.29) is 5.54 Å². The smallest absolute Gasteiger partial charge is 0.0137 e. The van der Waals surface area contributed by atoms with E-state index in [1.54, 1.807) is 0 Å². The third-order valence-corrected chi connectivity index (χ3v) is 1.76. The molecule has 0 amide bonds. The van der Waals surface area contributed by atoms with Gasteiger partial charge < -0.3 is 11.1 Å². The Labute approximate surface area is 70.5 Å². The Balaban J connectivity index is 3.54. The molecule has 2 heteroatoms. The van der Waals surface area contributed by atoms with Crippen molar-refractivity contribution in [2.45, 2.75) is 39.7 Å². The molecule has 0 aromatic rings. The summed E-state index contributed by atoms with van der Waals surface area (Å²) in [6.45, 7) is 10.7. The van der Waals surface area contributed by atoms with Crippen molar-refractivity contribution >= 4 is 0 Å². The second-order valence-corrected chi connectivity index (χ2v) is 4.20. The number of nitrogens with one attached hydrogen (secondary N) is 1. The number of hydrogen-bond acceptors (Lipinski definition) is 2. The molecule has 0 saturated heterocycles. The number of nitrogens with two attached hydrogens (primary N) is 1. The minimum atomic E-state index is 0.207. The largest absolute Gasteiger partial charge is 0.330 e. The van der Waals surface area contributed by atoms with Crippen LogP contribution in [0.2, 0.25) is 0 Å². The van der Waals surface area contributed by atoms with E-state index < -0.39 is 0 Å². The van der Waals surface area contributed by atoms with Crippen LogP contribution in [0.1, 0.15) is 34.1 Å². The van der Waals surface area contributed by atoms with Crippen LogP contribution < -0.4 is 11.1 Å². The molecule has 3 N–H and O–H groups in total. The van der Waals surface area contributed by atoms with Gasteiger partial charge in [0.05, 0.1) is 0 Å². The molecule has 0 rings (SSSR count). The maximum atomic E-state index is 5.48. The van der Waals surface area contributed by atoms with Crippen LogP contribution in [0.25, 0.3) is 0 Å². The first-order valence-electron chi connectivity index (χ1n) is 4.43. The van der Waals surface area contributed by atoms with Crippen molar-refractivity contribution in [2.24, 2.45) is 11.7 Å². The summed E-state index contributed by atoms with van der Waals surface area (Å²) >= 11 is 0. The predicted octanol–water partition coefficient (Wildman–Crippen LogP) is 1.36. The summed E-state index contributed by atoms with van der Waals surface area (Å²) in [6, 6.07) is 0. The highest BCUT2D eigenvalue weighted by atomic mass is 15.0. The summed E-state index contributed by atoms with van der Waals surface area (Å²) in [7, 11) is 0. The Hall–Kier alpha value is -0.0800. The van der Waals surface area contributed by atoms with Gasteiger partial charge in [-0.05, 0) is 39.3 Å². The molecule has 0 bridgehead atoms. The van der Waals surface area contributed by atoms with Crippen molar-refractivity contribution in [3.05, 3.63) is 0 Å². The molecule has 0 spiro atoms. The molecule has 11 heavy (non-hydrogen) atoms. The van der Waals surface area contributed by atoms with E-state index in [0.29, 0.717) is 5.92 Å². The van der Waals surface area contributed by atoms with Crippen molar-refractivity contribution in [2.75, 3.05) is 13.1 Å². The summed E-state index contributed by atoms with van der Waals surface area (Å²) < 4.78 is 0. The summed E-state index contributed by atoms with van der Waals surface area (Å²) in [4.78, 5) is 0. The van der Waals surface area contributed by atoms with Crippen LogP contribution in [-0.2, 0) is 0 Å². The Kier molecular flexibility index (Phi) is 4.69. The molecule has 0 aliphatic rings. The average molecular weight is 158 g/mol. The van der Waals surface area contributed by atoms with Gasteiger partial charge in [-0.3, -0.25) is 0 Å². The maximum absolute atomic E-state index is 5.48. The molecule has 0 radical (unpaired) electrons. The molecule has 68 valence electrons. The Morgan fingerprint density at radius 2 is 1.91 bits per heavy atom. The van der Waals surface area contributed by atoms with Gasteiger partial charge in [-0.25, -0.2) is 0 Å². The van der Waals surface area contributed by atoms with Gasteiger partial charge in [-0.2, -0.15) is 0 Å². The molecule has 0 fully saturated rings. The molecule has 0 saturated carbocycles. The highest BCUT2D eigenvalue weighted by Gasteiger charge is 2.15. The normalized spacial score (nSPS) is 12.5. The first kappa shape index (κ1) is 10.9. The van der Waals surface area contributed by atoms with Crippen LogP contribution in [-0.4, -0.2) is 18.6 Å². The fourth-order valence-electron chi connectivity index (χ4n) is 0.930. The Morgan fingerprint density at radius 1 is 1.36 bits per heavy atom. The van der Waals surface area contributed by atoms with Crippen LogP contribution in [0.15, 0.2) is 0 Å². The fourth-order valence-corrected chi connectivity index (χ4v) is 0.930. The zero-order valence-corrected chi connectivity index (χ0v) is 8.28. The minimum absolute atomic E-state index is 0.207. The topological polar surface area (TPSA) is 38.0 Å². The average Bonchev–Trinajstić information content (AvgIpc) is 1.84. The molecule has 0 atom stereocenters. The molecule has 0 aliphatic carbocycles. The van der Waals surface area contributed by atoms with Gasteiger partial charge >= 0.3 is 0 Å². The van der Waals surface area contributed by atoms with Crippen LogP contribution >= 0.6 is 0 Å². The third kappa shape index (κ3) is 6.32. The van der Waals surface area contributed by atoms with Crippen LogP contribution in [0.3, 0.4) is 0 Å². The first-order valence-corrected chi connectivity index (χ1v) is 4.43. The highest BCUT2D eigenvalue weighted by Crippen LogP contribution is 2.06. The van der Waals surface area contributed by atoms with Gasteiger partial charge in [-0.1, -0.05) is 13.8 Å². The first-order chi connectivity index (χ1) is 4.98. The van der Waals surface area contributed by atoms with Crippen molar-refractivity contribution < 1.29 is 0 Å². The van der Waals surface area contributed by atoms with E-state index >= 15 is 0 Å². The maximum Gasteiger partial charge on any atom is 0.0137 e. The monoisotopic (exact) mass is 158 g/mol. The van der Waals surface area contributed by atoms with E-state index in [9.17, 15) is 0 Å². The van der Waals surface area contributed by atoms with Crippen LogP contribution in [0.4, 0.5) is 0 Å². The second-order valence-electron chi connectivity index (χ2n) is 4.20. The van der Waals surface area contributed by atoms with Crippen molar-refractivity contribution in [3.8, 4) is 0 Å². The molecule has 0 unspecified atom stereocenters. The van der Waals surface area contributed by atoms with Crippen molar-refractivity contribution in [1.82, 2.24) is 5.32 Å². The summed E-state index contributed by atoms with van der Waals surface area (Å²) in [5, 5.41) is 3.48. The Bertz CT molecular complexity index is 97.7. The van der Waals surface area contributed by atoms with Gasteiger partial charge in [0.1, 0.15) is 0 Å². The van der Waals surface area contributed by atoms with Gasteiger partial charge in [0.25, 0.3) is 0 Å². The lowest BCUT2D eigenvalue weighted by Crippen LogP contribution is -2.42. The number of hydrogen-bond donors (Lipinski definition) is 2. The predicted molar refractivity (Wildman–Crippen MR) is 50.6 cm³/mol. The summed E-state index contributed by atoms with van der Waals surface area (Å²) in [6.07, 6.45) is 1.04. The van der Waals surface area contributed by atoms with Gasteiger partial charge in [-0.15, -0.1) is 0 Å². The van der Waals surface area contributed by atoms with E-state index in [4.69, 9.17) is 5.73 Å². The third-order valence-electron chi connectivity index (χ3n) is 1.76. The quantitative estimate of drug-likeness (QED) is 0.634. The van der Waals surface area contributed by atoms with E-state index in [0.717, 1.165) is 19.5 Å². The fraction of sp³-hybridized carbons (Fsp3) is 1.00. The lowest BCUT2D eigenvalue weighted by Gasteiger charge is -2.26. The minimum Gasteiger partial charge on any atom is -0.330 e. The van der Waals surface area contributed by atoms with Crippen LogP contribution in [0, 0.1) is 5.92 Å². The standard InChI is InChI=1S/C9H22N2/c1-8(2)7-11-9(3,4)5-6-10/h8,11H,5-7,10H2,1-4H3. The van der Waals surface area contributed by atoms with Gasteiger partial charge in [0, 0.05) is 5.54 Å². The second kappa shape index (κ2) is 4.73.